The van der Waals surface area contributed by atoms with Gasteiger partial charge >= 0.3 is 283 Å². The summed E-state index contributed by atoms with van der Waals surface area (Å²) >= 11 is -2.27. The molecular weight excluding hydrogens is 781 g/mol. The fraction of sp³-hybridized carbons (Fsp3) is 0.0286. The molecule has 5 aromatic carbocycles. The van der Waals surface area contributed by atoms with Crippen molar-refractivity contribution in [1.29, 1.82) is 0 Å². The average molecular weight is 798 g/mol. The van der Waals surface area contributed by atoms with E-state index >= 15 is 17.6 Å². The van der Waals surface area contributed by atoms with E-state index in [0.717, 1.165) is 0 Å². The zero-order valence-corrected chi connectivity index (χ0v) is 27.0. The number of benzene rings is 5. The Labute approximate surface area is 282 Å². The zero-order chi connectivity index (χ0) is 35.1. The van der Waals surface area contributed by atoms with Crippen molar-refractivity contribution in [1.82, 2.24) is 0 Å². The predicted molar refractivity (Wildman–Crippen MR) is 164 cm³/mol. The van der Waals surface area contributed by atoms with Gasteiger partial charge in [0.1, 0.15) is 0 Å². The van der Waals surface area contributed by atoms with Crippen LogP contribution in [0.5, 0.6) is 11.5 Å². The van der Waals surface area contributed by atoms with Crippen molar-refractivity contribution in [2.45, 2.75) is 0 Å². The monoisotopic (exact) mass is 800 g/mol. The van der Waals surface area contributed by atoms with Gasteiger partial charge in [-0.3, -0.25) is 0 Å². The summed E-state index contributed by atoms with van der Waals surface area (Å²) in [5.41, 5.74) is -4.06. The van der Waals surface area contributed by atoms with Crippen molar-refractivity contribution in [3.8, 4) is 11.5 Å². The van der Waals surface area contributed by atoms with Crippen LogP contribution in [0.2, 0.25) is 0 Å². The summed E-state index contributed by atoms with van der Waals surface area (Å²) in [5, 5.41) is 0. The topological polar surface area (TPSA) is 18.5 Å². The van der Waals surface area contributed by atoms with E-state index in [4.69, 9.17) is 9.39 Å². The van der Waals surface area contributed by atoms with Crippen molar-refractivity contribution in [2.75, 3.05) is 7.11 Å². The molecule has 0 fully saturated rings. The van der Waals surface area contributed by atoms with Crippen LogP contribution >= 0.6 is 0 Å². The van der Waals surface area contributed by atoms with Crippen LogP contribution in [0, 0.1) is 58.2 Å². The molecule has 2 nitrogen and oxygen atoms in total. The first-order valence-corrected chi connectivity index (χ1v) is 16.4. The maximum absolute atomic E-state index is 15.8. The Morgan fingerprint density at radius 1 is 0.429 bits per heavy atom. The summed E-state index contributed by atoms with van der Waals surface area (Å²) in [6, 6.07) is 20.4. The zero-order valence-electron chi connectivity index (χ0n) is 24.7. The Morgan fingerprint density at radius 2 is 0.755 bits per heavy atom. The van der Waals surface area contributed by atoms with Gasteiger partial charge in [0.15, 0.2) is 0 Å². The number of rotatable bonds is 7. The molecule has 49 heavy (non-hydrogen) atoms. The van der Waals surface area contributed by atoms with Gasteiger partial charge in [-0.25, -0.2) is 0 Å². The van der Waals surface area contributed by atoms with Crippen LogP contribution in [-0.4, -0.2) is 34.9 Å². The SMILES string of the molecule is COc1ccc(OB2C(c3c(F)c(F)c(F)c(F)c3F)=C(c3ccccc3)[Te]C(c3ccccc3)=C2c2c(F)c(F)c(F)c(F)c2F)cc1. The molecule has 0 aliphatic carbocycles. The number of methoxy groups -OCH3 is 1. The Morgan fingerprint density at radius 3 is 1.10 bits per heavy atom. The molecule has 14 heteroatoms. The first kappa shape index (κ1) is 34.2. The Bertz CT molecular complexity index is 1970. The van der Waals surface area contributed by atoms with E-state index in [9.17, 15) is 26.3 Å². The van der Waals surface area contributed by atoms with Crippen molar-refractivity contribution < 1.29 is 53.3 Å². The summed E-state index contributed by atoms with van der Waals surface area (Å²) < 4.78 is 163. The van der Waals surface area contributed by atoms with Crippen LogP contribution in [0.1, 0.15) is 22.3 Å². The molecule has 0 bridgehead atoms. The molecule has 1 heterocycles. The fourth-order valence-electron chi connectivity index (χ4n) is 5.28. The van der Waals surface area contributed by atoms with Gasteiger partial charge < -0.3 is 0 Å². The molecule has 248 valence electrons. The minimum absolute atomic E-state index is 0.000746. The van der Waals surface area contributed by atoms with Crippen LogP contribution in [0.4, 0.5) is 43.9 Å². The molecule has 0 saturated carbocycles. The van der Waals surface area contributed by atoms with Crippen LogP contribution in [0.25, 0.3) is 18.2 Å². The normalized spacial score (nSPS) is 13.3. The van der Waals surface area contributed by atoms with Crippen LogP contribution in [0.3, 0.4) is 0 Å². The van der Waals surface area contributed by atoms with Gasteiger partial charge in [-0.1, -0.05) is 0 Å². The van der Waals surface area contributed by atoms with Gasteiger partial charge in [0.05, 0.1) is 0 Å². The summed E-state index contributed by atoms with van der Waals surface area (Å²) in [6.45, 7) is -2.22. The molecule has 0 radical (unpaired) electrons. The van der Waals surface area contributed by atoms with E-state index < -0.39 is 108 Å². The average Bonchev–Trinajstić information content (AvgIpc) is 3.13. The first-order valence-electron chi connectivity index (χ1n) is 14.1. The Hall–Kier alpha value is -4.67. The minimum atomic E-state index is -2.47. The second kappa shape index (κ2) is 13.7. The van der Waals surface area contributed by atoms with Crippen LogP contribution < -0.4 is 9.39 Å². The standard InChI is InChI=1S/C35H17BF10O2Te/c1-47-18-12-14-19(15-13-18)48-36-22(20-24(37)28(41)32(45)29(42)25(20)38)34(16-8-4-2-5-9-16)49-35(17-10-6-3-7-11-17)23(36)21-26(39)30(43)33(46)31(44)27(21)40/h2-15H,1H3. The molecule has 0 saturated heterocycles. The van der Waals surface area contributed by atoms with Gasteiger partial charge in [-0.05, 0) is 0 Å². The molecule has 0 aromatic heterocycles. The molecule has 5 aromatic rings. The Kier molecular flexibility index (Phi) is 9.55. The summed E-state index contributed by atoms with van der Waals surface area (Å²) in [5.74, 6) is -23.3. The van der Waals surface area contributed by atoms with Gasteiger partial charge in [0.25, 0.3) is 0 Å². The quantitative estimate of drug-likeness (QED) is 0.0708. The molecule has 1 aliphatic heterocycles. The van der Waals surface area contributed by atoms with Crippen molar-refractivity contribution >= 4 is 46.0 Å². The van der Waals surface area contributed by atoms with Crippen molar-refractivity contribution in [3.63, 3.8) is 0 Å². The number of halogens is 10. The van der Waals surface area contributed by atoms with Gasteiger partial charge in [-0.2, -0.15) is 0 Å². The Balaban J connectivity index is 1.81. The van der Waals surface area contributed by atoms with Gasteiger partial charge in [0, 0.05) is 0 Å². The van der Waals surface area contributed by atoms with E-state index in [0.29, 0.717) is 5.75 Å². The van der Waals surface area contributed by atoms with E-state index in [-0.39, 0.29) is 24.1 Å². The number of ether oxygens (including phenoxy) is 1. The first-order chi connectivity index (χ1) is 23.5. The van der Waals surface area contributed by atoms with Gasteiger partial charge in [-0.15, -0.1) is 0 Å². The third-order valence-corrected chi connectivity index (χ3v) is 11.3. The molecule has 0 N–H and O–H groups in total. The van der Waals surface area contributed by atoms with E-state index in [1.807, 2.05) is 0 Å². The third kappa shape index (κ3) is 5.97. The third-order valence-electron chi connectivity index (χ3n) is 7.56. The van der Waals surface area contributed by atoms with E-state index in [2.05, 4.69) is 0 Å². The number of hydrogen-bond donors (Lipinski definition) is 0. The molecule has 6 rings (SSSR count). The molecule has 0 amide bonds. The summed E-state index contributed by atoms with van der Waals surface area (Å²) in [6.07, 6.45) is 0. The van der Waals surface area contributed by atoms with Crippen molar-refractivity contribution in [3.05, 3.63) is 165 Å². The predicted octanol–water partition coefficient (Wildman–Crippen LogP) is 9.39. The van der Waals surface area contributed by atoms with Crippen molar-refractivity contribution in [2.24, 2.45) is 0 Å². The maximum atomic E-state index is 15.8. The fourth-order valence-corrected chi connectivity index (χ4v) is 9.14. The molecular formula is C35H17BF10O2Te. The van der Waals surface area contributed by atoms with Crippen LogP contribution in [0.15, 0.2) is 84.9 Å². The summed E-state index contributed by atoms with van der Waals surface area (Å²) in [4.78, 5) is 0. The summed E-state index contributed by atoms with van der Waals surface area (Å²) in [7, 11) is 1.34. The van der Waals surface area contributed by atoms with Gasteiger partial charge in [0.2, 0.25) is 0 Å². The second-order valence-corrected chi connectivity index (χ2v) is 13.3. The molecule has 0 atom stereocenters. The second-order valence-electron chi connectivity index (χ2n) is 10.4. The molecule has 0 spiro atoms. The molecule has 0 unspecified atom stereocenters. The number of hydrogen-bond acceptors (Lipinski definition) is 2. The van der Waals surface area contributed by atoms with E-state index in [1.54, 1.807) is 12.1 Å². The van der Waals surface area contributed by atoms with Crippen LogP contribution in [-0.2, 0) is 0 Å². The molecule has 1 aliphatic rings. The van der Waals surface area contributed by atoms with E-state index in [1.165, 1.54) is 79.9 Å².